The van der Waals surface area contributed by atoms with Crippen LogP contribution in [0.4, 0.5) is 4.79 Å². The molecule has 0 aliphatic carbocycles. The molecule has 0 bridgehead atoms. The second kappa shape index (κ2) is 12.8. The number of para-hydroxylation sites is 1. The fraction of sp³-hybridized carbons (Fsp3) is 0.440. The van der Waals surface area contributed by atoms with Crippen molar-refractivity contribution in [3.8, 4) is 11.5 Å². The number of aliphatic carboxylic acids is 1. The molecule has 0 aromatic heterocycles. The molecule has 9 heteroatoms. The van der Waals surface area contributed by atoms with Crippen LogP contribution in [0.3, 0.4) is 0 Å². The number of carboxylic acids is 1. The number of likely N-dealkylation sites (tertiary alicyclic amines) is 1. The Labute approximate surface area is 198 Å². The molecule has 1 fully saturated rings. The van der Waals surface area contributed by atoms with Crippen molar-refractivity contribution in [3.63, 3.8) is 0 Å². The van der Waals surface area contributed by atoms with Crippen molar-refractivity contribution in [3.05, 3.63) is 59.7 Å². The number of nitrogens with zero attached hydrogens (tertiary/aromatic N) is 1. The first-order valence-corrected chi connectivity index (χ1v) is 11.2. The molecule has 1 heterocycles. The minimum atomic E-state index is -1.08. The Kier molecular flexibility index (Phi) is 9.54. The van der Waals surface area contributed by atoms with Gasteiger partial charge in [0.05, 0.1) is 39.6 Å². The number of hydrogen-bond acceptors (Lipinski definition) is 6. The van der Waals surface area contributed by atoms with Crippen LogP contribution in [0.2, 0.25) is 0 Å². The predicted molar refractivity (Wildman–Crippen MR) is 124 cm³/mol. The topological polar surface area (TPSA) is 115 Å². The molecule has 1 aliphatic rings. The molecule has 0 spiro atoms. The van der Waals surface area contributed by atoms with E-state index in [0.29, 0.717) is 32.8 Å². The van der Waals surface area contributed by atoms with Gasteiger partial charge in [-0.3, -0.25) is 0 Å². The third-order valence-corrected chi connectivity index (χ3v) is 5.71. The smallest absolute Gasteiger partial charge is 0.407 e. The molecule has 2 unspecified atom stereocenters. The molecule has 2 N–H and O–H groups in total. The first-order valence-electron chi connectivity index (χ1n) is 11.2. The van der Waals surface area contributed by atoms with Crippen LogP contribution in [0.15, 0.2) is 48.5 Å². The van der Waals surface area contributed by atoms with Crippen LogP contribution in [0.25, 0.3) is 0 Å². The Bertz CT molecular complexity index is 933. The summed E-state index contributed by atoms with van der Waals surface area (Å²) in [7, 11) is 1.64. The van der Waals surface area contributed by atoms with E-state index in [4.69, 9.17) is 24.1 Å². The Morgan fingerprint density at radius 3 is 2.53 bits per heavy atom. The van der Waals surface area contributed by atoms with Gasteiger partial charge in [-0.25, -0.2) is 9.59 Å². The standard InChI is InChI=1S/C25H31NO8/c1-31-22-6-3-2-5-19(22)16-32-13-4-14-33-20-9-7-18(8-10-20)21-11-12-26(25(29)30)15-23(21)34-17-24(27)28/h2-3,5-10,21,23H,4,11-17H2,1H3,(H,27,28)(H,29,30). The summed E-state index contributed by atoms with van der Waals surface area (Å²) in [4.78, 5) is 23.5. The van der Waals surface area contributed by atoms with Crippen LogP contribution in [0, 0.1) is 0 Å². The molecule has 2 atom stereocenters. The number of rotatable bonds is 12. The SMILES string of the molecule is COc1ccccc1COCCCOc1ccc(C2CCN(C(=O)O)CC2OCC(=O)O)cc1. The molecule has 2 aromatic rings. The van der Waals surface area contributed by atoms with Crippen molar-refractivity contribution in [1.82, 2.24) is 4.90 Å². The van der Waals surface area contributed by atoms with E-state index >= 15 is 0 Å². The fourth-order valence-electron chi connectivity index (χ4n) is 3.99. The van der Waals surface area contributed by atoms with Crippen molar-refractivity contribution in [2.45, 2.75) is 31.5 Å². The van der Waals surface area contributed by atoms with Gasteiger partial charge < -0.3 is 34.1 Å². The number of carboxylic acid groups (broad SMARTS) is 2. The molecular weight excluding hydrogens is 442 g/mol. The van der Waals surface area contributed by atoms with E-state index in [1.54, 1.807) is 7.11 Å². The molecule has 184 valence electrons. The Balaban J connectivity index is 1.45. The van der Waals surface area contributed by atoms with Crippen molar-refractivity contribution in [2.24, 2.45) is 0 Å². The van der Waals surface area contributed by atoms with E-state index in [1.807, 2.05) is 48.5 Å². The van der Waals surface area contributed by atoms with E-state index in [1.165, 1.54) is 4.90 Å². The molecule has 1 amide bonds. The minimum Gasteiger partial charge on any atom is -0.496 e. The fourth-order valence-corrected chi connectivity index (χ4v) is 3.99. The lowest BCUT2D eigenvalue weighted by Crippen LogP contribution is -2.46. The number of carbonyl (C=O) groups is 2. The van der Waals surface area contributed by atoms with Gasteiger partial charge in [0.1, 0.15) is 18.1 Å². The van der Waals surface area contributed by atoms with Gasteiger partial charge in [-0.1, -0.05) is 30.3 Å². The summed E-state index contributed by atoms with van der Waals surface area (Å²) in [5, 5.41) is 18.2. The largest absolute Gasteiger partial charge is 0.496 e. The lowest BCUT2D eigenvalue weighted by molar-refractivity contribution is -0.145. The Morgan fingerprint density at radius 1 is 1.06 bits per heavy atom. The predicted octanol–water partition coefficient (Wildman–Crippen LogP) is 3.62. The van der Waals surface area contributed by atoms with Crippen molar-refractivity contribution < 1.29 is 38.7 Å². The van der Waals surface area contributed by atoms with E-state index in [-0.39, 0.29) is 12.5 Å². The summed E-state index contributed by atoms with van der Waals surface area (Å²) in [5.74, 6) is 0.358. The molecule has 1 aliphatic heterocycles. The first kappa shape index (κ1) is 25.3. The summed E-state index contributed by atoms with van der Waals surface area (Å²) < 4.78 is 22.3. The van der Waals surface area contributed by atoms with E-state index in [2.05, 4.69) is 0 Å². The molecule has 3 rings (SSSR count). The van der Waals surface area contributed by atoms with Crippen molar-refractivity contribution in [1.29, 1.82) is 0 Å². The van der Waals surface area contributed by atoms with E-state index < -0.39 is 24.8 Å². The highest BCUT2D eigenvalue weighted by Gasteiger charge is 2.33. The van der Waals surface area contributed by atoms with Gasteiger partial charge in [0.25, 0.3) is 0 Å². The van der Waals surface area contributed by atoms with E-state index in [9.17, 15) is 14.7 Å². The number of methoxy groups -OCH3 is 1. The summed E-state index contributed by atoms with van der Waals surface area (Å²) in [5.41, 5.74) is 1.97. The maximum Gasteiger partial charge on any atom is 0.407 e. The third-order valence-electron chi connectivity index (χ3n) is 5.71. The molecule has 0 saturated carbocycles. The summed E-state index contributed by atoms with van der Waals surface area (Å²) in [6.45, 7) is 1.59. The van der Waals surface area contributed by atoms with Crippen molar-refractivity contribution >= 4 is 12.1 Å². The van der Waals surface area contributed by atoms with Gasteiger partial charge in [0.15, 0.2) is 0 Å². The Morgan fingerprint density at radius 2 is 1.82 bits per heavy atom. The van der Waals surface area contributed by atoms with Gasteiger partial charge >= 0.3 is 12.1 Å². The normalized spacial score (nSPS) is 17.9. The number of hydrogen-bond donors (Lipinski definition) is 2. The summed E-state index contributed by atoms with van der Waals surface area (Å²) in [6.07, 6.45) is -0.262. The maximum absolute atomic E-state index is 11.3. The van der Waals surface area contributed by atoms with Gasteiger partial charge in [-0.2, -0.15) is 0 Å². The molecule has 2 aromatic carbocycles. The highest BCUT2D eigenvalue weighted by atomic mass is 16.5. The van der Waals surface area contributed by atoms with E-state index in [0.717, 1.165) is 29.0 Å². The number of amides is 1. The van der Waals surface area contributed by atoms with Gasteiger partial charge in [0.2, 0.25) is 0 Å². The lowest BCUT2D eigenvalue weighted by Gasteiger charge is -2.37. The molecule has 1 saturated heterocycles. The highest BCUT2D eigenvalue weighted by Crippen LogP contribution is 2.31. The average Bonchev–Trinajstić information content (AvgIpc) is 2.85. The first-order chi connectivity index (χ1) is 16.5. The average molecular weight is 474 g/mol. The van der Waals surface area contributed by atoms with Crippen molar-refractivity contribution in [2.75, 3.05) is 40.0 Å². The zero-order chi connectivity index (χ0) is 24.3. The molecule has 34 heavy (non-hydrogen) atoms. The van der Waals surface area contributed by atoms with Crippen LogP contribution in [-0.2, 0) is 20.9 Å². The molecule has 0 radical (unpaired) electrons. The quantitative estimate of drug-likeness (QED) is 0.449. The molecular formula is C25H31NO8. The molecule has 9 nitrogen and oxygen atoms in total. The number of piperidine rings is 1. The third kappa shape index (κ3) is 7.36. The number of benzene rings is 2. The Hall–Kier alpha value is -3.30. The van der Waals surface area contributed by atoms with Crippen LogP contribution in [0.5, 0.6) is 11.5 Å². The van der Waals surface area contributed by atoms with Crippen LogP contribution >= 0.6 is 0 Å². The maximum atomic E-state index is 11.3. The highest BCUT2D eigenvalue weighted by molar-refractivity contribution is 5.68. The summed E-state index contributed by atoms with van der Waals surface area (Å²) >= 11 is 0. The lowest BCUT2D eigenvalue weighted by atomic mass is 9.87. The second-order valence-electron chi connectivity index (χ2n) is 8.00. The summed E-state index contributed by atoms with van der Waals surface area (Å²) in [6, 6.07) is 15.3. The van der Waals surface area contributed by atoms with Crippen LogP contribution in [-0.4, -0.2) is 73.3 Å². The van der Waals surface area contributed by atoms with Gasteiger partial charge in [0, 0.05) is 24.4 Å². The zero-order valence-electron chi connectivity index (χ0n) is 19.2. The monoisotopic (exact) mass is 473 g/mol. The second-order valence-corrected chi connectivity index (χ2v) is 8.00. The van der Waals surface area contributed by atoms with Gasteiger partial charge in [-0.05, 0) is 30.2 Å². The van der Waals surface area contributed by atoms with Crippen LogP contribution in [0.1, 0.15) is 29.9 Å². The number of ether oxygens (including phenoxy) is 4. The zero-order valence-corrected chi connectivity index (χ0v) is 19.2. The van der Waals surface area contributed by atoms with Gasteiger partial charge in [-0.15, -0.1) is 0 Å². The van der Waals surface area contributed by atoms with Crippen LogP contribution < -0.4 is 9.47 Å². The minimum absolute atomic E-state index is 0.0904.